The molecular weight excluding hydrogens is 250 g/mol. The van der Waals surface area contributed by atoms with Gasteiger partial charge in [-0.05, 0) is 18.1 Å². The van der Waals surface area contributed by atoms with Crippen LogP contribution in [0.5, 0.6) is 11.5 Å². The van der Waals surface area contributed by atoms with E-state index < -0.39 is 0 Å². The number of fused-ring (bicyclic) bond motifs is 2. The van der Waals surface area contributed by atoms with E-state index in [9.17, 15) is 0 Å². The van der Waals surface area contributed by atoms with E-state index in [-0.39, 0.29) is 6.04 Å². The van der Waals surface area contributed by atoms with Gasteiger partial charge in [0.2, 0.25) is 0 Å². The number of para-hydroxylation sites is 2. The van der Waals surface area contributed by atoms with Crippen molar-refractivity contribution in [2.24, 2.45) is 5.92 Å². The molecule has 20 heavy (non-hydrogen) atoms. The van der Waals surface area contributed by atoms with Crippen LogP contribution in [0.15, 0.2) is 48.5 Å². The smallest absolute Gasteiger partial charge is 0.132 e. The number of nitrogens with one attached hydrogen (secondary N) is 1. The molecule has 0 fully saturated rings. The second kappa shape index (κ2) is 5.65. The van der Waals surface area contributed by atoms with Crippen LogP contribution < -0.4 is 10.2 Å². The third-order valence-electron chi connectivity index (χ3n) is 3.30. The molecule has 2 aromatic carbocycles. The van der Waals surface area contributed by atoms with Gasteiger partial charge < -0.3 is 9.57 Å². The Morgan fingerprint density at radius 1 is 1.00 bits per heavy atom. The molecule has 1 aliphatic heterocycles. The van der Waals surface area contributed by atoms with E-state index in [1.807, 2.05) is 36.4 Å². The molecule has 0 saturated heterocycles. The van der Waals surface area contributed by atoms with Gasteiger partial charge >= 0.3 is 0 Å². The maximum Gasteiger partial charge on any atom is 0.132 e. The van der Waals surface area contributed by atoms with E-state index in [4.69, 9.17) is 9.57 Å². The number of benzene rings is 2. The molecule has 1 aliphatic rings. The standard InChI is InChI=1S/C17H19NO2/c1-12(2)11-19-18-17-13-7-3-5-9-15(13)20-16-10-6-4-8-14(16)17/h3-10,12,17-18H,11H2,1-2H3. The van der Waals surface area contributed by atoms with Gasteiger partial charge in [-0.1, -0.05) is 50.2 Å². The van der Waals surface area contributed by atoms with E-state index in [1.54, 1.807) is 0 Å². The highest BCUT2D eigenvalue weighted by atomic mass is 16.6. The van der Waals surface area contributed by atoms with E-state index in [2.05, 4.69) is 31.5 Å². The third kappa shape index (κ3) is 2.55. The van der Waals surface area contributed by atoms with E-state index in [0.717, 1.165) is 22.6 Å². The van der Waals surface area contributed by atoms with Crippen LogP contribution in [0.2, 0.25) is 0 Å². The first-order chi connectivity index (χ1) is 9.75. The number of hydrogen-bond donors (Lipinski definition) is 1. The van der Waals surface area contributed by atoms with E-state index in [1.165, 1.54) is 0 Å². The normalized spacial score (nSPS) is 13.8. The first kappa shape index (κ1) is 13.2. The highest BCUT2D eigenvalue weighted by molar-refractivity contribution is 5.52. The molecule has 1 N–H and O–H groups in total. The minimum Gasteiger partial charge on any atom is -0.457 e. The van der Waals surface area contributed by atoms with Crippen molar-refractivity contribution in [1.29, 1.82) is 0 Å². The van der Waals surface area contributed by atoms with Crippen molar-refractivity contribution in [3.63, 3.8) is 0 Å². The fraction of sp³-hybridized carbons (Fsp3) is 0.294. The Bertz CT molecular complexity index is 550. The van der Waals surface area contributed by atoms with E-state index >= 15 is 0 Å². The molecule has 2 aromatic rings. The number of ether oxygens (including phenoxy) is 1. The predicted octanol–water partition coefficient (Wildman–Crippen LogP) is 4.06. The van der Waals surface area contributed by atoms with Crippen LogP contribution in [0.3, 0.4) is 0 Å². The summed E-state index contributed by atoms with van der Waals surface area (Å²) in [5, 5.41) is 0. The van der Waals surface area contributed by atoms with Crippen LogP contribution in [0.4, 0.5) is 0 Å². The van der Waals surface area contributed by atoms with Gasteiger partial charge in [0.05, 0.1) is 12.6 Å². The summed E-state index contributed by atoms with van der Waals surface area (Å²) in [6.45, 7) is 4.95. The van der Waals surface area contributed by atoms with Gasteiger partial charge in [-0.15, -0.1) is 0 Å². The summed E-state index contributed by atoms with van der Waals surface area (Å²) in [7, 11) is 0. The average Bonchev–Trinajstić information content (AvgIpc) is 2.46. The highest BCUT2D eigenvalue weighted by Crippen LogP contribution is 2.42. The Hall–Kier alpha value is -1.84. The molecule has 0 unspecified atom stereocenters. The maximum absolute atomic E-state index is 5.94. The van der Waals surface area contributed by atoms with Crippen molar-refractivity contribution in [2.45, 2.75) is 19.9 Å². The summed E-state index contributed by atoms with van der Waals surface area (Å²) in [6, 6.07) is 16.1. The van der Waals surface area contributed by atoms with Crippen molar-refractivity contribution in [2.75, 3.05) is 6.61 Å². The molecule has 1 heterocycles. The molecule has 3 heteroatoms. The minimum atomic E-state index is 0.00917. The van der Waals surface area contributed by atoms with Crippen LogP contribution in [0.25, 0.3) is 0 Å². The summed E-state index contributed by atoms with van der Waals surface area (Å²) in [4.78, 5) is 5.64. The average molecular weight is 269 g/mol. The Morgan fingerprint density at radius 2 is 1.55 bits per heavy atom. The van der Waals surface area contributed by atoms with Crippen LogP contribution in [0, 0.1) is 5.92 Å². The summed E-state index contributed by atoms with van der Waals surface area (Å²) in [6.07, 6.45) is 0. The summed E-state index contributed by atoms with van der Waals surface area (Å²) >= 11 is 0. The second-order valence-corrected chi connectivity index (χ2v) is 5.43. The quantitative estimate of drug-likeness (QED) is 0.849. The molecule has 0 radical (unpaired) electrons. The zero-order valence-corrected chi connectivity index (χ0v) is 11.8. The van der Waals surface area contributed by atoms with Crippen molar-refractivity contribution in [3.05, 3.63) is 59.7 Å². The van der Waals surface area contributed by atoms with Crippen molar-refractivity contribution in [3.8, 4) is 11.5 Å². The fourth-order valence-corrected chi connectivity index (χ4v) is 2.33. The topological polar surface area (TPSA) is 30.5 Å². The van der Waals surface area contributed by atoms with Crippen molar-refractivity contribution < 1.29 is 9.57 Å². The first-order valence-electron chi connectivity index (χ1n) is 6.98. The van der Waals surface area contributed by atoms with Gasteiger partial charge in [-0.2, -0.15) is 5.48 Å². The van der Waals surface area contributed by atoms with Gasteiger partial charge in [-0.25, -0.2) is 0 Å². The first-order valence-corrected chi connectivity index (χ1v) is 6.98. The number of hydroxylamine groups is 1. The van der Waals surface area contributed by atoms with Crippen molar-refractivity contribution in [1.82, 2.24) is 5.48 Å². The number of hydrogen-bond acceptors (Lipinski definition) is 3. The van der Waals surface area contributed by atoms with Gasteiger partial charge in [0.15, 0.2) is 0 Å². The Labute approximate surface area is 119 Å². The zero-order chi connectivity index (χ0) is 13.9. The highest BCUT2D eigenvalue weighted by Gasteiger charge is 2.26. The molecule has 0 aromatic heterocycles. The molecule has 0 spiro atoms. The van der Waals surface area contributed by atoms with Gasteiger partial charge in [0.25, 0.3) is 0 Å². The van der Waals surface area contributed by atoms with Gasteiger partial charge in [-0.3, -0.25) is 0 Å². The van der Waals surface area contributed by atoms with Gasteiger partial charge in [0.1, 0.15) is 11.5 Å². The Morgan fingerprint density at radius 3 is 2.10 bits per heavy atom. The molecule has 0 amide bonds. The summed E-state index contributed by atoms with van der Waals surface area (Å²) in [5.41, 5.74) is 5.40. The fourth-order valence-electron chi connectivity index (χ4n) is 2.33. The lowest BCUT2D eigenvalue weighted by Crippen LogP contribution is -2.27. The zero-order valence-electron chi connectivity index (χ0n) is 11.8. The molecule has 0 saturated carbocycles. The minimum absolute atomic E-state index is 0.00917. The summed E-state index contributed by atoms with van der Waals surface area (Å²) in [5.74, 6) is 2.27. The number of rotatable bonds is 4. The Kier molecular flexibility index (Phi) is 3.72. The predicted molar refractivity (Wildman–Crippen MR) is 78.7 cm³/mol. The maximum atomic E-state index is 5.94. The van der Waals surface area contributed by atoms with Crippen molar-refractivity contribution >= 4 is 0 Å². The summed E-state index contributed by atoms with van der Waals surface area (Å²) < 4.78 is 5.94. The molecule has 104 valence electrons. The van der Waals surface area contributed by atoms with Crippen LogP contribution in [0.1, 0.15) is 31.0 Å². The van der Waals surface area contributed by atoms with Crippen LogP contribution in [-0.2, 0) is 4.84 Å². The molecule has 3 nitrogen and oxygen atoms in total. The van der Waals surface area contributed by atoms with Crippen LogP contribution >= 0.6 is 0 Å². The Balaban J connectivity index is 1.91. The third-order valence-corrected chi connectivity index (χ3v) is 3.30. The van der Waals surface area contributed by atoms with E-state index in [0.29, 0.717) is 12.5 Å². The lowest BCUT2D eigenvalue weighted by atomic mass is 9.95. The van der Waals surface area contributed by atoms with Gasteiger partial charge in [0, 0.05) is 11.1 Å². The lowest BCUT2D eigenvalue weighted by molar-refractivity contribution is 0.00675. The SMILES string of the molecule is CC(C)CONC1c2ccccc2Oc2ccccc21. The molecule has 0 bridgehead atoms. The molecule has 0 atom stereocenters. The lowest BCUT2D eigenvalue weighted by Gasteiger charge is -2.28. The second-order valence-electron chi connectivity index (χ2n) is 5.43. The monoisotopic (exact) mass is 269 g/mol. The molecule has 3 rings (SSSR count). The molecule has 0 aliphatic carbocycles. The van der Waals surface area contributed by atoms with Crippen LogP contribution in [-0.4, -0.2) is 6.61 Å². The largest absolute Gasteiger partial charge is 0.457 e. The molecular formula is C17H19NO2.